The SMILES string of the molecule is c1ccc2c(c1)-c1ccccc1-c1ccc(-n3c4ccccc4c4ccc(-n5c6ccccc6c6ccccc65)cc43)cc1-c1ccccc1-2. The van der Waals surface area contributed by atoms with Crippen molar-refractivity contribution in [2.75, 3.05) is 0 Å². The van der Waals surface area contributed by atoms with Gasteiger partial charge in [-0.2, -0.15) is 0 Å². The molecule has 10 aromatic rings. The summed E-state index contributed by atoms with van der Waals surface area (Å²) in [4.78, 5) is 0. The lowest BCUT2D eigenvalue weighted by molar-refractivity contribution is 1.15. The van der Waals surface area contributed by atoms with Gasteiger partial charge in [0.1, 0.15) is 0 Å². The fourth-order valence-corrected chi connectivity index (χ4v) is 8.56. The van der Waals surface area contributed by atoms with E-state index in [1.807, 2.05) is 0 Å². The van der Waals surface area contributed by atoms with Crippen molar-refractivity contribution in [3.05, 3.63) is 182 Å². The highest BCUT2D eigenvalue weighted by Crippen LogP contribution is 2.48. The Bertz CT molecular complexity index is 2930. The van der Waals surface area contributed by atoms with Gasteiger partial charge in [-0.05, 0) is 87.0 Å². The van der Waals surface area contributed by atoms with E-state index >= 15 is 0 Å². The molecule has 8 aromatic carbocycles. The Morgan fingerprint density at radius 2 is 0.540 bits per heavy atom. The standard InChI is InChI=1S/C48H30N2/c1-2-14-34-33(13-1)35-15-3-4-17-37(35)39-27-25-31(29-44(39)38-18-6-5-16-36(34)38)50-47-24-12-9-21-42(47)43-28-26-32(30-48(43)50)49-45-22-10-7-19-40(45)41-20-8-11-23-46(41)49/h1-30H. The zero-order valence-electron chi connectivity index (χ0n) is 27.2. The van der Waals surface area contributed by atoms with E-state index in [2.05, 4.69) is 191 Å². The molecule has 1 aliphatic carbocycles. The normalized spacial score (nSPS) is 12.0. The monoisotopic (exact) mass is 634 g/mol. The lowest BCUT2D eigenvalue weighted by Gasteiger charge is -2.24. The molecule has 232 valence electrons. The van der Waals surface area contributed by atoms with E-state index in [4.69, 9.17) is 0 Å². The van der Waals surface area contributed by atoms with Crippen molar-refractivity contribution in [1.29, 1.82) is 0 Å². The molecule has 2 aromatic heterocycles. The Kier molecular flexibility index (Phi) is 5.70. The minimum Gasteiger partial charge on any atom is -0.309 e. The van der Waals surface area contributed by atoms with Gasteiger partial charge in [0.05, 0.1) is 22.1 Å². The van der Waals surface area contributed by atoms with Gasteiger partial charge in [0.15, 0.2) is 0 Å². The van der Waals surface area contributed by atoms with Crippen molar-refractivity contribution < 1.29 is 0 Å². The van der Waals surface area contributed by atoms with Crippen LogP contribution >= 0.6 is 0 Å². The molecule has 0 bridgehead atoms. The van der Waals surface area contributed by atoms with Gasteiger partial charge in [-0.3, -0.25) is 0 Å². The molecule has 0 saturated heterocycles. The molecular weight excluding hydrogens is 605 g/mol. The Morgan fingerprint density at radius 3 is 1.02 bits per heavy atom. The summed E-state index contributed by atoms with van der Waals surface area (Å²) >= 11 is 0. The minimum absolute atomic E-state index is 1.15. The van der Waals surface area contributed by atoms with Crippen LogP contribution in [-0.4, -0.2) is 9.13 Å². The molecule has 0 fully saturated rings. The van der Waals surface area contributed by atoms with E-state index in [-0.39, 0.29) is 0 Å². The zero-order chi connectivity index (χ0) is 32.8. The van der Waals surface area contributed by atoms with Gasteiger partial charge in [0.25, 0.3) is 0 Å². The summed E-state index contributed by atoms with van der Waals surface area (Å²) in [5.74, 6) is 0. The van der Waals surface area contributed by atoms with E-state index in [9.17, 15) is 0 Å². The van der Waals surface area contributed by atoms with Gasteiger partial charge in [-0.25, -0.2) is 0 Å². The third-order valence-corrected chi connectivity index (χ3v) is 10.7. The van der Waals surface area contributed by atoms with Crippen LogP contribution in [0.3, 0.4) is 0 Å². The molecule has 0 radical (unpaired) electrons. The largest absolute Gasteiger partial charge is 0.309 e. The number of aromatic nitrogens is 2. The molecule has 1 aliphatic rings. The van der Waals surface area contributed by atoms with Crippen molar-refractivity contribution in [3.8, 4) is 55.9 Å². The van der Waals surface area contributed by atoms with Crippen molar-refractivity contribution in [2.24, 2.45) is 0 Å². The summed E-state index contributed by atoms with van der Waals surface area (Å²) in [7, 11) is 0. The van der Waals surface area contributed by atoms with E-state index in [0.717, 1.165) is 11.4 Å². The summed E-state index contributed by atoms with van der Waals surface area (Å²) in [5, 5.41) is 5.04. The lowest BCUT2D eigenvalue weighted by atomic mass is 9.81. The molecule has 0 aliphatic heterocycles. The number of benzene rings is 8. The quantitative estimate of drug-likeness (QED) is 0.179. The van der Waals surface area contributed by atoms with Crippen LogP contribution in [0.15, 0.2) is 182 Å². The van der Waals surface area contributed by atoms with Crippen molar-refractivity contribution >= 4 is 43.6 Å². The van der Waals surface area contributed by atoms with Gasteiger partial charge in [-0.1, -0.05) is 140 Å². The highest BCUT2D eigenvalue weighted by atomic mass is 15.0. The second kappa shape index (κ2) is 10.4. The predicted molar refractivity (Wildman–Crippen MR) is 210 cm³/mol. The smallest absolute Gasteiger partial charge is 0.0561 e. The minimum atomic E-state index is 1.15. The van der Waals surface area contributed by atoms with Crippen LogP contribution in [0.2, 0.25) is 0 Å². The number of rotatable bonds is 2. The zero-order valence-corrected chi connectivity index (χ0v) is 27.2. The number of fused-ring (bicyclic) bond motifs is 14. The Morgan fingerprint density at radius 1 is 0.220 bits per heavy atom. The highest BCUT2D eigenvalue weighted by molar-refractivity contribution is 6.12. The topological polar surface area (TPSA) is 9.86 Å². The molecule has 0 N–H and O–H groups in total. The first kappa shape index (κ1) is 27.3. The van der Waals surface area contributed by atoms with Gasteiger partial charge in [0, 0.05) is 32.9 Å². The maximum atomic E-state index is 2.46. The molecule has 0 amide bonds. The molecule has 0 atom stereocenters. The number of nitrogens with zero attached hydrogens (tertiary/aromatic N) is 2. The van der Waals surface area contributed by atoms with E-state index in [1.165, 1.54) is 88.1 Å². The molecule has 0 spiro atoms. The van der Waals surface area contributed by atoms with Crippen molar-refractivity contribution in [2.45, 2.75) is 0 Å². The van der Waals surface area contributed by atoms with Crippen LogP contribution in [0, 0.1) is 0 Å². The van der Waals surface area contributed by atoms with Gasteiger partial charge in [-0.15, -0.1) is 0 Å². The Hall–Kier alpha value is -6.64. The number of hydrogen-bond donors (Lipinski definition) is 0. The van der Waals surface area contributed by atoms with Gasteiger partial charge >= 0.3 is 0 Å². The third-order valence-electron chi connectivity index (χ3n) is 10.7. The van der Waals surface area contributed by atoms with E-state index in [0.29, 0.717) is 0 Å². The summed E-state index contributed by atoms with van der Waals surface area (Å²) in [6.07, 6.45) is 0. The van der Waals surface area contributed by atoms with E-state index in [1.54, 1.807) is 0 Å². The van der Waals surface area contributed by atoms with Crippen molar-refractivity contribution in [1.82, 2.24) is 9.13 Å². The highest BCUT2D eigenvalue weighted by Gasteiger charge is 2.23. The molecule has 2 nitrogen and oxygen atoms in total. The van der Waals surface area contributed by atoms with Crippen LogP contribution in [0.1, 0.15) is 0 Å². The summed E-state index contributed by atoms with van der Waals surface area (Å²) in [6.45, 7) is 0. The first-order valence-corrected chi connectivity index (χ1v) is 17.3. The average Bonchev–Trinajstić information content (AvgIpc) is 3.70. The first-order chi connectivity index (χ1) is 24.8. The Balaban J connectivity index is 1.21. The molecule has 0 unspecified atom stereocenters. The first-order valence-electron chi connectivity index (χ1n) is 17.3. The fourth-order valence-electron chi connectivity index (χ4n) is 8.56. The van der Waals surface area contributed by atoms with Gasteiger partial charge < -0.3 is 9.13 Å². The van der Waals surface area contributed by atoms with Crippen LogP contribution in [0.25, 0.3) is 99.5 Å². The summed E-state index contributed by atoms with van der Waals surface area (Å²) in [5.41, 5.74) is 17.2. The molecule has 0 saturated carbocycles. The molecule has 11 rings (SSSR count). The van der Waals surface area contributed by atoms with Crippen LogP contribution in [-0.2, 0) is 0 Å². The predicted octanol–water partition coefficient (Wildman–Crippen LogP) is 12.9. The van der Waals surface area contributed by atoms with E-state index < -0.39 is 0 Å². The maximum absolute atomic E-state index is 2.46. The van der Waals surface area contributed by atoms with Gasteiger partial charge in [0.2, 0.25) is 0 Å². The molecular formula is C48H30N2. The second-order valence-electron chi connectivity index (χ2n) is 13.3. The van der Waals surface area contributed by atoms with Crippen LogP contribution in [0.4, 0.5) is 0 Å². The summed E-state index contributed by atoms with van der Waals surface area (Å²) < 4.78 is 4.88. The van der Waals surface area contributed by atoms with Crippen molar-refractivity contribution in [3.63, 3.8) is 0 Å². The third kappa shape index (κ3) is 3.79. The van der Waals surface area contributed by atoms with Crippen LogP contribution < -0.4 is 0 Å². The molecule has 2 heterocycles. The molecule has 50 heavy (non-hydrogen) atoms. The number of hydrogen-bond acceptors (Lipinski definition) is 0. The average molecular weight is 635 g/mol. The fraction of sp³-hybridized carbons (Fsp3) is 0. The maximum Gasteiger partial charge on any atom is 0.0561 e. The second-order valence-corrected chi connectivity index (χ2v) is 13.3. The van der Waals surface area contributed by atoms with Crippen LogP contribution in [0.5, 0.6) is 0 Å². The lowest BCUT2D eigenvalue weighted by Crippen LogP contribution is -2.00. The Labute approximate surface area is 289 Å². The summed E-state index contributed by atoms with van der Waals surface area (Å²) in [6, 6.07) is 66.9. The molecule has 2 heteroatoms. The number of para-hydroxylation sites is 3.